The van der Waals surface area contributed by atoms with Gasteiger partial charge in [0.2, 0.25) is 0 Å². The molecule has 0 spiro atoms. The molecule has 0 aliphatic heterocycles. The third-order valence-corrected chi connectivity index (χ3v) is 13.5. The monoisotopic (exact) mass is 914 g/mol. The van der Waals surface area contributed by atoms with Crippen LogP contribution in [0.25, 0.3) is 125 Å². The zero-order valence-corrected chi connectivity index (χ0v) is 38.2. The molecular weight excluding hydrogens is 881 g/mol. The summed E-state index contributed by atoms with van der Waals surface area (Å²) < 4.78 is 4.46. The molecule has 0 saturated heterocycles. The van der Waals surface area contributed by atoms with Gasteiger partial charge in [-0.15, -0.1) is 0 Å². The Morgan fingerprint density at radius 2 is 0.736 bits per heavy atom. The maximum Gasteiger partial charge on any atom is 0.187 e. The molecule has 3 aromatic heterocycles. The molecule has 0 unspecified atom stereocenters. The van der Waals surface area contributed by atoms with Crippen molar-refractivity contribution in [2.45, 2.75) is 0 Å². The molecule has 0 fully saturated rings. The third kappa shape index (κ3) is 7.25. The summed E-state index contributed by atoms with van der Waals surface area (Å²) in [6, 6.07) is 70.7. The van der Waals surface area contributed by atoms with Crippen LogP contribution in [-0.2, 0) is 0 Å². The number of nitrogens with zero attached hydrogens (tertiary/aromatic N) is 8. The molecule has 0 saturated carbocycles. The van der Waals surface area contributed by atoms with Crippen LogP contribution in [0.15, 0.2) is 206 Å². The summed E-state index contributed by atoms with van der Waals surface area (Å²) in [5, 5.41) is 23.2. The fourth-order valence-electron chi connectivity index (χ4n) is 9.91. The van der Waals surface area contributed by atoms with Crippen molar-refractivity contribution in [3.8, 4) is 79.3 Å². The number of rotatable bonds is 7. The molecular formula is C64H34N8. The Balaban J connectivity index is 1.10. The van der Waals surface area contributed by atoms with Crippen LogP contribution in [0.3, 0.4) is 0 Å². The standard InChI is InChI=1S/C64H34N8/c1-67-51-23-15-44(16-24-51)48-21-29-61-57(34-48)58-35-49(45-17-25-52(68-2)26-18-45)22-30-62(58)72(61)64-36-54(50-5-4-6-53(31-50)69-3)63(39-70-64)71-59-27-19-46(42-11-7-40(37-65)8-12-42)32-55(59)56-33-47(20-28-60(56)71)43-13-9-41(38-66)10-14-43/h4-36,39H. The van der Waals surface area contributed by atoms with Gasteiger partial charge in [0.25, 0.3) is 0 Å². The van der Waals surface area contributed by atoms with Crippen LogP contribution in [0.2, 0.25) is 0 Å². The van der Waals surface area contributed by atoms with Crippen LogP contribution in [0.1, 0.15) is 11.1 Å². The molecule has 0 aliphatic carbocycles. The second-order valence-electron chi connectivity index (χ2n) is 17.5. The lowest BCUT2D eigenvalue weighted by Gasteiger charge is -2.17. The van der Waals surface area contributed by atoms with Gasteiger partial charge in [-0.05, 0) is 135 Å². The first kappa shape index (κ1) is 42.5. The number of benzene rings is 9. The number of nitriles is 2. The molecule has 72 heavy (non-hydrogen) atoms. The molecule has 0 atom stereocenters. The van der Waals surface area contributed by atoms with Crippen LogP contribution in [0.4, 0.5) is 17.1 Å². The SMILES string of the molecule is [C-]#[N+]c1ccc(-c2ccc3c(c2)c2cc(-c4ccc([N+]#[C-])cc4)ccc2n3-c2cc(-c3cccc([N+]#[C-])c3)c(-n3c4ccc(-c5ccc(C#N)cc5)cc4c4cc(-c5ccc(C#N)cc5)ccc43)cn2)cc1. The minimum Gasteiger partial charge on any atom is -0.307 e. The first-order valence-corrected chi connectivity index (χ1v) is 23.0. The first-order chi connectivity index (χ1) is 35.4. The van der Waals surface area contributed by atoms with Gasteiger partial charge in [-0.25, -0.2) is 19.5 Å². The van der Waals surface area contributed by atoms with Gasteiger partial charge in [0.1, 0.15) is 5.82 Å². The molecule has 0 bridgehead atoms. The van der Waals surface area contributed by atoms with E-state index in [0.29, 0.717) is 34.0 Å². The molecule has 8 heteroatoms. The molecule has 0 amide bonds. The Morgan fingerprint density at radius 1 is 0.361 bits per heavy atom. The second-order valence-corrected chi connectivity index (χ2v) is 17.5. The molecule has 8 nitrogen and oxygen atoms in total. The van der Waals surface area contributed by atoms with Crippen LogP contribution < -0.4 is 0 Å². The van der Waals surface area contributed by atoms with Gasteiger partial charge in [-0.3, -0.25) is 4.57 Å². The summed E-state index contributed by atoms with van der Waals surface area (Å²) in [5.41, 5.74) is 17.3. The Labute approximate surface area is 414 Å². The van der Waals surface area contributed by atoms with Crippen molar-refractivity contribution in [2.75, 3.05) is 0 Å². The van der Waals surface area contributed by atoms with Crippen LogP contribution in [0.5, 0.6) is 0 Å². The maximum absolute atomic E-state index is 9.54. The van der Waals surface area contributed by atoms with E-state index in [2.05, 4.69) is 115 Å². The average Bonchev–Trinajstić information content (AvgIpc) is 3.96. The van der Waals surface area contributed by atoms with E-state index in [1.54, 1.807) is 0 Å². The summed E-state index contributed by atoms with van der Waals surface area (Å²) in [6.45, 7) is 23.0. The van der Waals surface area contributed by atoms with E-state index in [-0.39, 0.29) is 0 Å². The number of fused-ring (bicyclic) bond motifs is 6. The van der Waals surface area contributed by atoms with Crippen LogP contribution in [0, 0.1) is 42.4 Å². The molecule has 9 aromatic carbocycles. The molecule has 0 aliphatic rings. The van der Waals surface area contributed by atoms with E-state index < -0.39 is 0 Å². The summed E-state index contributed by atoms with van der Waals surface area (Å²) in [5.74, 6) is 0.692. The summed E-state index contributed by atoms with van der Waals surface area (Å²) >= 11 is 0. The quantitative estimate of drug-likeness (QED) is 0.149. The van der Waals surface area contributed by atoms with Crippen molar-refractivity contribution in [1.82, 2.24) is 14.1 Å². The molecule has 330 valence electrons. The normalized spacial score (nSPS) is 11.0. The maximum atomic E-state index is 9.54. The first-order valence-electron chi connectivity index (χ1n) is 23.0. The van der Waals surface area contributed by atoms with Crippen molar-refractivity contribution in [3.05, 3.63) is 252 Å². The predicted molar refractivity (Wildman–Crippen MR) is 288 cm³/mol. The van der Waals surface area contributed by atoms with Crippen molar-refractivity contribution >= 4 is 60.7 Å². The Bertz CT molecular complexity index is 4180. The number of pyridine rings is 1. The zero-order chi connectivity index (χ0) is 48.9. The summed E-state index contributed by atoms with van der Waals surface area (Å²) in [7, 11) is 0. The molecule has 12 rings (SSSR count). The topological polar surface area (TPSA) is 83.4 Å². The Kier molecular flexibility index (Phi) is 10.3. The van der Waals surface area contributed by atoms with Gasteiger partial charge < -0.3 is 4.57 Å². The van der Waals surface area contributed by atoms with E-state index in [0.717, 1.165) is 105 Å². The highest BCUT2D eigenvalue weighted by atomic mass is 15.1. The largest absolute Gasteiger partial charge is 0.307 e. The van der Waals surface area contributed by atoms with Gasteiger partial charge in [0.05, 0.1) is 76.9 Å². The van der Waals surface area contributed by atoms with Crippen LogP contribution >= 0.6 is 0 Å². The number of aromatic nitrogens is 3. The molecule has 0 radical (unpaired) electrons. The van der Waals surface area contributed by atoms with E-state index >= 15 is 0 Å². The third-order valence-electron chi connectivity index (χ3n) is 13.5. The molecule has 12 aromatic rings. The molecule has 0 N–H and O–H groups in total. The highest BCUT2D eigenvalue weighted by Gasteiger charge is 2.22. The van der Waals surface area contributed by atoms with Gasteiger partial charge in [-0.1, -0.05) is 115 Å². The van der Waals surface area contributed by atoms with E-state index in [1.807, 2.05) is 128 Å². The van der Waals surface area contributed by atoms with Gasteiger partial charge in [-0.2, -0.15) is 10.5 Å². The van der Waals surface area contributed by atoms with Crippen molar-refractivity contribution in [1.29, 1.82) is 10.5 Å². The smallest absolute Gasteiger partial charge is 0.187 e. The van der Waals surface area contributed by atoms with Gasteiger partial charge >= 0.3 is 0 Å². The number of hydrogen-bond acceptors (Lipinski definition) is 3. The molecule has 3 heterocycles. The summed E-state index contributed by atoms with van der Waals surface area (Å²) in [4.78, 5) is 16.4. The van der Waals surface area contributed by atoms with Crippen molar-refractivity contribution < 1.29 is 0 Å². The zero-order valence-electron chi connectivity index (χ0n) is 38.2. The predicted octanol–water partition coefficient (Wildman–Crippen LogP) is 17.0. The van der Waals surface area contributed by atoms with E-state index in [1.165, 1.54) is 0 Å². The second kappa shape index (κ2) is 17.4. The fourth-order valence-corrected chi connectivity index (χ4v) is 9.91. The average molecular weight is 915 g/mol. The minimum atomic E-state index is 0.518. The van der Waals surface area contributed by atoms with Gasteiger partial charge in [0.15, 0.2) is 17.1 Å². The lowest BCUT2D eigenvalue weighted by atomic mass is 9.99. The lowest BCUT2D eigenvalue weighted by Crippen LogP contribution is -2.03. The van der Waals surface area contributed by atoms with Crippen molar-refractivity contribution in [3.63, 3.8) is 0 Å². The fraction of sp³-hybridized carbons (Fsp3) is 0. The van der Waals surface area contributed by atoms with Gasteiger partial charge in [0, 0.05) is 27.1 Å². The number of hydrogen-bond donors (Lipinski definition) is 0. The van der Waals surface area contributed by atoms with E-state index in [9.17, 15) is 10.5 Å². The highest BCUT2D eigenvalue weighted by Crippen LogP contribution is 2.43. The summed E-state index contributed by atoms with van der Waals surface area (Å²) in [6.07, 6.45) is 1.94. The minimum absolute atomic E-state index is 0.518. The van der Waals surface area contributed by atoms with E-state index in [4.69, 9.17) is 24.7 Å². The Morgan fingerprint density at radius 3 is 1.12 bits per heavy atom. The van der Waals surface area contributed by atoms with Crippen molar-refractivity contribution in [2.24, 2.45) is 0 Å². The highest BCUT2D eigenvalue weighted by molar-refractivity contribution is 6.13. The van der Waals surface area contributed by atoms with Crippen LogP contribution in [-0.4, -0.2) is 14.1 Å². The lowest BCUT2D eigenvalue weighted by molar-refractivity contribution is 1.06. The Hall–Kier alpha value is -10.8.